The van der Waals surface area contributed by atoms with Crippen molar-refractivity contribution >= 4 is 5.69 Å². The molecule has 0 saturated carbocycles. The summed E-state index contributed by atoms with van der Waals surface area (Å²) < 4.78 is 44.5. The first-order valence-electron chi connectivity index (χ1n) is 4.37. The number of hydrogen-bond acceptors (Lipinski definition) is 6. The van der Waals surface area contributed by atoms with E-state index in [1.165, 1.54) is 0 Å². The maximum atomic E-state index is 12.1. The van der Waals surface area contributed by atoms with Crippen LogP contribution in [-0.2, 0) is 6.61 Å². The number of alkyl halides is 3. The SMILES string of the molecule is COc1c([N+](=O)[O-])cnc(CO)c1OC(F)(F)F. The third-order valence-corrected chi connectivity index (χ3v) is 1.81. The maximum Gasteiger partial charge on any atom is 0.573 e. The van der Waals surface area contributed by atoms with E-state index in [1.54, 1.807) is 0 Å². The van der Waals surface area contributed by atoms with Gasteiger partial charge in [-0.25, -0.2) is 4.98 Å². The van der Waals surface area contributed by atoms with Gasteiger partial charge in [-0.1, -0.05) is 0 Å². The minimum Gasteiger partial charge on any atom is -0.487 e. The van der Waals surface area contributed by atoms with Crippen molar-refractivity contribution in [3.8, 4) is 11.5 Å². The molecule has 1 aromatic rings. The highest BCUT2D eigenvalue weighted by Crippen LogP contribution is 2.40. The zero-order valence-corrected chi connectivity index (χ0v) is 8.89. The van der Waals surface area contributed by atoms with E-state index >= 15 is 0 Å². The van der Waals surface area contributed by atoms with Crippen molar-refractivity contribution in [3.05, 3.63) is 22.0 Å². The Morgan fingerprint density at radius 3 is 2.50 bits per heavy atom. The summed E-state index contributed by atoms with van der Waals surface area (Å²) in [5.74, 6) is -1.78. The molecule has 0 bridgehead atoms. The number of rotatable bonds is 4. The quantitative estimate of drug-likeness (QED) is 0.655. The van der Waals surface area contributed by atoms with Crippen LogP contribution in [0.25, 0.3) is 0 Å². The summed E-state index contributed by atoms with van der Waals surface area (Å²) in [6.07, 6.45) is -4.41. The van der Waals surface area contributed by atoms with Gasteiger partial charge in [-0.05, 0) is 0 Å². The number of aromatic nitrogens is 1. The molecule has 1 heterocycles. The standard InChI is InChI=1S/C8H7F3N2O5/c1-17-7-5(13(15)16)2-12-4(3-14)6(7)18-8(9,10)11/h2,14H,3H2,1H3. The molecule has 10 heteroatoms. The molecular weight excluding hydrogens is 261 g/mol. The summed E-state index contributed by atoms with van der Waals surface area (Å²) in [7, 11) is 0.937. The van der Waals surface area contributed by atoms with Crippen LogP contribution in [0.5, 0.6) is 11.5 Å². The Hall–Kier alpha value is -2.10. The van der Waals surface area contributed by atoms with E-state index in [9.17, 15) is 23.3 Å². The van der Waals surface area contributed by atoms with Crippen molar-refractivity contribution in [2.75, 3.05) is 7.11 Å². The predicted octanol–water partition coefficient (Wildman–Crippen LogP) is 1.39. The van der Waals surface area contributed by atoms with E-state index in [2.05, 4.69) is 14.5 Å². The van der Waals surface area contributed by atoms with Gasteiger partial charge in [-0.15, -0.1) is 13.2 Å². The van der Waals surface area contributed by atoms with E-state index in [1.807, 2.05) is 0 Å². The van der Waals surface area contributed by atoms with Gasteiger partial charge in [0, 0.05) is 0 Å². The molecule has 0 atom stereocenters. The van der Waals surface area contributed by atoms with Crippen molar-refractivity contribution in [1.82, 2.24) is 4.98 Å². The van der Waals surface area contributed by atoms with Gasteiger partial charge in [-0.3, -0.25) is 10.1 Å². The molecule has 7 nitrogen and oxygen atoms in total. The number of ether oxygens (including phenoxy) is 2. The minimum atomic E-state index is -5.09. The minimum absolute atomic E-state index is 0.519. The number of nitro groups is 1. The van der Waals surface area contributed by atoms with Crippen LogP contribution in [0.1, 0.15) is 5.69 Å². The number of pyridine rings is 1. The molecule has 1 aromatic heterocycles. The highest BCUT2D eigenvalue weighted by atomic mass is 19.4. The highest BCUT2D eigenvalue weighted by molar-refractivity contribution is 5.56. The van der Waals surface area contributed by atoms with Crippen LogP contribution in [0.2, 0.25) is 0 Å². The molecule has 0 radical (unpaired) electrons. The number of nitrogens with zero attached hydrogens (tertiary/aromatic N) is 2. The topological polar surface area (TPSA) is 94.7 Å². The molecule has 0 spiro atoms. The summed E-state index contributed by atoms with van der Waals surface area (Å²) in [6.45, 7) is -0.889. The number of aliphatic hydroxyl groups is 1. The van der Waals surface area contributed by atoms with Gasteiger partial charge in [0.2, 0.25) is 11.5 Å². The second-order valence-corrected chi connectivity index (χ2v) is 2.92. The second-order valence-electron chi connectivity index (χ2n) is 2.92. The molecule has 0 unspecified atom stereocenters. The lowest BCUT2D eigenvalue weighted by Crippen LogP contribution is -2.19. The maximum absolute atomic E-state index is 12.1. The molecule has 18 heavy (non-hydrogen) atoms. The van der Waals surface area contributed by atoms with Crippen LogP contribution in [0.15, 0.2) is 6.20 Å². The van der Waals surface area contributed by atoms with Gasteiger partial charge in [0.1, 0.15) is 11.9 Å². The number of aliphatic hydroxyl groups excluding tert-OH is 1. The zero-order valence-electron chi connectivity index (χ0n) is 8.89. The van der Waals surface area contributed by atoms with Crippen molar-refractivity contribution in [3.63, 3.8) is 0 Å². The lowest BCUT2D eigenvalue weighted by molar-refractivity contribution is -0.386. The van der Waals surface area contributed by atoms with E-state index in [-0.39, 0.29) is 0 Å². The fourth-order valence-electron chi connectivity index (χ4n) is 1.16. The van der Waals surface area contributed by atoms with Crippen LogP contribution in [0.3, 0.4) is 0 Å². The molecule has 0 amide bonds. The fraction of sp³-hybridized carbons (Fsp3) is 0.375. The molecule has 0 aromatic carbocycles. The van der Waals surface area contributed by atoms with Crippen molar-refractivity contribution in [1.29, 1.82) is 0 Å². The Balaban J connectivity index is 3.41. The molecule has 100 valence electrons. The molecule has 0 aliphatic heterocycles. The van der Waals surface area contributed by atoms with Crippen molar-refractivity contribution in [2.45, 2.75) is 13.0 Å². The molecule has 1 rings (SSSR count). The molecule has 0 fully saturated rings. The van der Waals surface area contributed by atoms with Gasteiger partial charge in [-0.2, -0.15) is 0 Å². The van der Waals surface area contributed by atoms with Gasteiger partial charge in [0.15, 0.2) is 0 Å². The number of halogens is 3. The molecule has 1 N–H and O–H groups in total. The second kappa shape index (κ2) is 5.04. The lowest BCUT2D eigenvalue weighted by Gasteiger charge is -2.14. The molecular formula is C8H7F3N2O5. The summed E-state index contributed by atoms with van der Waals surface area (Å²) in [4.78, 5) is 12.9. The fourth-order valence-corrected chi connectivity index (χ4v) is 1.16. The smallest absolute Gasteiger partial charge is 0.487 e. The zero-order chi connectivity index (χ0) is 13.9. The van der Waals surface area contributed by atoms with E-state index in [0.717, 1.165) is 7.11 Å². The van der Waals surface area contributed by atoms with Crippen molar-refractivity contribution < 1.29 is 32.7 Å². The largest absolute Gasteiger partial charge is 0.573 e. The Morgan fingerprint density at radius 2 is 2.11 bits per heavy atom. The van der Waals surface area contributed by atoms with Crippen LogP contribution >= 0.6 is 0 Å². The van der Waals surface area contributed by atoms with E-state index in [4.69, 9.17) is 5.11 Å². The first-order chi connectivity index (χ1) is 8.30. The average Bonchev–Trinajstić information content (AvgIpc) is 2.26. The van der Waals surface area contributed by atoms with Gasteiger partial charge in [0.25, 0.3) is 0 Å². The third-order valence-electron chi connectivity index (χ3n) is 1.81. The summed E-state index contributed by atoms with van der Waals surface area (Å²) in [5, 5.41) is 19.4. The molecule has 0 saturated heterocycles. The van der Waals surface area contributed by atoms with E-state index in [0.29, 0.717) is 6.20 Å². The summed E-state index contributed by atoms with van der Waals surface area (Å²) in [5.41, 5.74) is -1.32. The lowest BCUT2D eigenvalue weighted by atomic mass is 10.3. The normalized spacial score (nSPS) is 11.2. The van der Waals surface area contributed by atoms with Gasteiger partial charge >= 0.3 is 12.0 Å². The first-order valence-corrected chi connectivity index (χ1v) is 4.37. The van der Waals surface area contributed by atoms with Crippen LogP contribution < -0.4 is 9.47 Å². The first kappa shape index (κ1) is 14.0. The summed E-state index contributed by atoms with van der Waals surface area (Å²) in [6, 6.07) is 0. The Labute approximate surface area is 97.9 Å². The van der Waals surface area contributed by atoms with Crippen molar-refractivity contribution in [2.24, 2.45) is 0 Å². The number of methoxy groups -OCH3 is 1. The Kier molecular flexibility index (Phi) is 3.91. The molecule has 0 aliphatic rings. The van der Waals surface area contributed by atoms with E-state index < -0.39 is 40.8 Å². The number of hydrogen-bond donors (Lipinski definition) is 1. The van der Waals surface area contributed by atoms with Gasteiger partial charge in [0.05, 0.1) is 18.6 Å². The average molecular weight is 268 g/mol. The summed E-state index contributed by atoms with van der Waals surface area (Å²) >= 11 is 0. The Morgan fingerprint density at radius 1 is 1.50 bits per heavy atom. The Bertz CT molecular complexity index is 463. The van der Waals surface area contributed by atoms with Crippen LogP contribution in [0.4, 0.5) is 18.9 Å². The molecule has 0 aliphatic carbocycles. The van der Waals surface area contributed by atoms with Gasteiger partial charge < -0.3 is 14.6 Å². The van der Waals surface area contributed by atoms with Crippen LogP contribution in [0, 0.1) is 10.1 Å². The monoisotopic (exact) mass is 268 g/mol. The highest BCUT2D eigenvalue weighted by Gasteiger charge is 2.36. The predicted molar refractivity (Wildman–Crippen MR) is 50.0 cm³/mol. The van der Waals surface area contributed by atoms with Crippen LogP contribution in [-0.4, -0.2) is 28.5 Å². The third kappa shape index (κ3) is 2.97.